The molecule has 1 aromatic rings. The Balaban J connectivity index is 1.85. The van der Waals surface area contributed by atoms with Crippen molar-refractivity contribution in [2.24, 2.45) is 5.92 Å². The Morgan fingerprint density at radius 3 is 2.57 bits per heavy atom. The molecular formula is C16H20N2O3. The molecule has 5 nitrogen and oxygen atoms in total. The highest BCUT2D eigenvalue weighted by molar-refractivity contribution is 5.72. The molecule has 0 bridgehead atoms. The summed E-state index contributed by atoms with van der Waals surface area (Å²) < 4.78 is 4.76. The molecule has 5 heteroatoms. The minimum atomic E-state index is -0.576. The van der Waals surface area contributed by atoms with Gasteiger partial charge < -0.3 is 14.7 Å². The number of aliphatic hydroxyl groups excluding tert-OH is 1. The van der Waals surface area contributed by atoms with Crippen molar-refractivity contribution in [3.63, 3.8) is 0 Å². The Bertz CT molecular complexity index is 513. The third-order valence-electron chi connectivity index (χ3n) is 3.98. The van der Waals surface area contributed by atoms with Gasteiger partial charge in [0.05, 0.1) is 30.8 Å². The minimum absolute atomic E-state index is 0.0155. The van der Waals surface area contributed by atoms with Gasteiger partial charge in [-0.3, -0.25) is 4.79 Å². The lowest BCUT2D eigenvalue weighted by atomic mass is 9.96. The van der Waals surface area contributed by atoms with Gasteiger partial charge in [-0.1, -0.05) is 12.1 Å². The summed E-state index contributed by atoms with van der Waals surface area (Å²) >= 11 is 0. The molecule has 1 N–H and O–H groups in total. The second kappa shape index (κ2) is 7.21. The third kappa shape index (κ3) is 4.03. The molecule has 0 radical (unpaired) electrons. The van der Waals surface area contributed by atoms with Crippen molar-refractivity contribution in [2.45, 2.75) is 18.9 Å². The first-order chi connectivity index (χ1) is 10.1. The largest absolute Gasteiger partial charge is 0.469 e. The molecule has 0 aromatic heterocycles. The number of likely N-dealkylation sites (tertiary alicyclic amines) is 1. The van der Waals surface area contributed by atoms with Crippen LogP contribution in [0.25, 0.3) is 0 Å². The Hall–Kier alpha value is -1.90. The van der Waals surface area contributed by atoms with E-state index in [1.54, 1.807) is 24.3 Å². The number of hydrogen-bond donors (Lipinski definition) is 1. The van der Waals surface area contributed by atoms with Gasteiger partial charge in [0, 0.05) is 6.54 Å². The summed E-state index contributed by atoms with van der Waals surface area (Å²) in [5.41, 5.74) is 1.40. The van der Waals surface area contributed by atoms with Crippen molar-refractivity contribution in [1.29, 1.82) is 5.26 Å². The standard InChI is InChI=1S/C16H20N2O3/c1-21-16(20)14-6-8-18(9-7-14)11-15(19)13-4-2-12(10-17)3-5-13/h2-5,14-15,19H,6-9,11H2,1H3. The lowest BCUT2D eigenvalue weighted by Crippen LogP contribution is -2.38. The second-order valence-corrected chi connectivity index (χ2v) is 5.35. The lowest BCUT2D eigenvalue weighted by molar-refractivity contribution is -0.147. The summed E-state index contributed by atoms with van der Waals surface area (Å²) in [6.45, 7) is 2.11. The molecule has 1 atom stereocenters. The fourth-order valence-electron chi connectivity index (χ4n) is 2.65. The van der Waals surface area contributed by atoms with Gasteiger partial charge >= 0.3 is 5.97 Å². The molecule has 2 rings (SSSR count). The summed E-state index contributed by atoms with van der Waals surface area (Å²) in [5, 5.41) is 19.0. The quantitative estimate of drug-likeness (QED) is 0.849. The van der Waals surface area contributed by atoms with Crippen LogP contribution in [0.2, 0.25) is 0 Å². The molecule has 1 fully saturated rings. The van der Waals surface area contributed by atoms with Crippen LogP contribution in [0, 0.1) is 17.2 Å². The van der Waals surface area contributed by atoms with Crippen LogP contribution in [-0.2, 0) is 9.53 Å². The first-order valence-electron chi connectivity index (χ1n) is 7.12. The first-order valence-corrected chi connectivity index (χ1v) is 7.12. The number of methoxy groups -OCH3 is 1. The van der Waals surface area contributed by atoms with E-state index in [2.05, 4.69) is 11.0 Å². The third-order valence-corrected chi connectivity index (χ3v) is 3.98. The molecule has 0 spiro atoms. The Morgan fingerprint density at radius 2 is 2.05 bits per heavy atom. The highest BCUT2D eigenvalue weighted by Gasteiger charge is 2.26. The highest BCUT2D eigenvalue weighted by atomic mass is 16.5. The molecule has 1 heterocycles. The smallest absolute Gasteiger partial charge is 0.308 e. The maximum Gasteiger partial charge on any atom is 0.308 e. The molecule has 1 saturated heterocycles. The lowest BCUT2D eigenvalue weighted by Gasteiger charge is -2.32. The van der Waals surface area contributed by atoms with Gasteiger partial charge in [0.1, 0.15) is 0 Å². The molecule has 1 aliphatic heterocycles. The number of aliphatic hydroxyl groups is 1. The predicted octanol–water partition coefficient (Wildman–Crippen LogP) is 1.48. The van der Waals surface area contributed by atoms with E-state index < -0.39 is 6.10 Å². The van der Waals surface area contributed by atoms with Crippen molar-refractivity contribution in [2.75, 3.05) is 26.7 Å². The fourth-order valence-corrected chi connectivity index (χ4v) is 2.65. The van der Waals surface area contributed by atoms with E-state index in [0.717, 1.165) is 31.5 Å². The maximum absolute atomic E-state index is 11.5. The minimum Gasteiger partial charge on any atom is -0.469 e. The van der Waals surface area contributed by atoms with E-state index in [9.17, 15) is 9.90 Å². The van der Waals surface area contributed by atoms with E-state index >= 15 is 0 Å². The van der Waals surface area contributed by atoms with Gasteiger partial charge in [0.2, 0.25) is 0 Å². The number of ether oxygens (including phenoxy) is 1. The normalized spacial score (nSPS) is 18.0. The highest BCUT2D eigenvalue weighted by Crippen LogP contribution is 2.21. The zero-order valence-electron chi connectivity index (χ0n) is 12.2. The number of benzene rings is 1. The van der Waals surface area contributed by atoms with Gasteiger partial charge in [0.25, 0.3) is 0 Å². The fraction of sp³-hybridized carbons (Fsp3) is 0.500. The van der Waals surface area contributed by atoms with Gasteiger partial charge in [0.15, 0.2) is 0 Å². The van der Waals surface area contributed by atoms with Crippen molar-refractivity contribution >= 4 is 5.97 Å². The zero-order valence-corrected chi connectivity index (χ0v) is 12.2. The summed E-state index contributed by atoms with van der Waals surface area (Å²) in [4.78, 5) is 13.6. The van der Waals surface area contributed by atoms with Crippen molar-refractivity contribution in [3.05, 3.63) is 35.4 Å². The number of piperidine rings is 1. The number of carbonyl (C=O) groups excluding carboxylic acids is 1. The summed E-state index contributed by atoms with van der Waals surface area (Å²) in [7, 11) is 1.42. The molecule has 0 amide bonds. The Kier molecular flexibility index (Phi) is 5.32. The topological polar surface area (TPSA) is 73.6 Å². The average molecular weight is 288 g/mol. The molecule has 21 heavy (non-hydrogen) atoms. The van der Waals surface area contributed by atoms with Gasteiger partial charge in [-0.2, -0.15) is 5.26 Å². The van der Waals surface area contributed by atoms with Crippen LogP contribution in [0.15, 0.2) is 24.3 Å². The molecule has 1 aliphatic rings. The van der Waals surface area contributed by atoms with E-state index in [4.69, 9.17) is 10.00 Å². The van der Waals surface area contributed by atoms with E-state index in [1.807, 2.05) is 0 Å². The first kappa shape index (κ1) is 15.5. The van der Waals surface area contributed by atoms with Crippen LogP contribution in [0.3, 0.4) is 0 Å². The monoisotopic (exact) mass is 288 g/mol. The van der Waals surface area contributed by atoms with Crippen molar-refractivity contribution in [1.82, 2.24) is 4.90 Å². The van der Waals surface area contributed by atoms with Crippen LogP contribution in [-0.4, -0.2) is 42.7 Å². The van der Waals surface area contributed by atoms with Crippen LogP contribution in [0.5, 0.6) is 0 Å². The number of hydrogen-bond acceptors (Lipinski definition) is 5. The molecular weight excluding hydrogens is 268 g/mol. The van der Waals surface area contributed by atoms with Crippen LogP contribution in [0.4, 0.5) is 0 Å². The second-order valence-electron chi connectivity index (χ2n) is 5.35. The number of carbonyl (C=O) groups is 1. The number of nitrogens with zero attached hydrogens (tertiary/aromatic N) is 2. The van der Waals surface area contributed by atoms with Gasteiger partial charge in [-0.15, -0.1) is 0 Å². The summed E-state index contributed by atoms with van der Waals surface area (Å²) in [6.07, 6.45) is 0.965. The van der Waals surface area contributed by atoms with Gasteiger partial charge in [-0.25, -0.2) is 0 Å². The number of esters is 1. The average Bonchev–Trinajstić information content (AvgIpc) is 2.55. The van der Waals surface area contributed by atoms with Crippen molar-refractivity contribution < 1.29 is 14.6 Å². The zero-order chi connectivity index (χ0) is 15.2. The summed E-state index contributed by atoms with van der Waals surface area (Å²) in [5.74, 6) is -0.152. The molecule has 0 aliphatic carbocycles. The molecule has 0 saturated carbocycles. The van der Waals surface area contributed by atoms with Gasteiger partial charge in [-0.05, 0) is 43.6 Å². The van der Waals surface area contributed by atoms with Crippen LogP contribution in [0.1, 0.15) is 30.1 Å². The predicted molar refractivity (Wildman–Crippen MR) is 77.3 cm³/mol. The number of nitriles is 1. The number of rotatable bonds is 4. The van der Waals surface area contributed by atoms with Crippen LogP contribution < -0.4 is 0 Å². The molecule has 112 valence electrons. The Morgan fingerprint density at radius 1 is 1.43 bits per heavy atom. The molecule has 1 unspecified atom stereocenters. The maximum atomic E-state index is 11.5. The van der Waals surface area contributed by atoms with Crippen molar-refractivity contribution in [3.8, 4) is 6.07 Å². The van der Waals surface area contributed by atoms with Crippen LogP contribution >= 0.6 is 0 Å². The van der Waals surface area contributed by atoms with E-state index in [0.29, 0.717) is 12.1 Å². The van der Waals surface area contributed by atoms with E-state index in [1.165, 1.54) is 7.11 Å². The summed E-state index contributed by atoms with van der Waals surface area (Å²) in [6, 6.07) is 9.04. The van der Waals surface area contributed by atoms with E-state index in [-0.39, 0.29) is 11.9 Å². The number of β-amino-alcohol motifs (C(OH)–C–C–N with tert-alkyl or cyclic N) is 1. The Labute approximate surface area is 124 Å². The SMILES string of the molecule is COC(=O)C1CCN(CC(O)c2ccc(C#N)cc2)CC1. The molecule has 1 aromatic carbocycles.